The fourth-order valence-corrected chi connectivity index (χ4v) is 5.90. The number of nitrogens with one attached hydrogen (secondary N) is 2. The molecule has 5 rings (SSSR count). The first-order valence-corrected chi connectivity index (χ1v) is 12.3. The third-order valence-corrected chi connectivity index (χ3v) is 7.95. The van der Waals surface area contributed by atoms with Crippen LogP contribution in [0.2, 0.25) is 0 Å². The number of hydrogen-bond donors (Lipinski definition) is 2. The Balaban J connectivity index is 1.56. The summed E-state index contributed by atoms with van der Waals surface area (Å²) in [6.45, 7) is 7.67. The Morgan fingerprint density at radius 2 is 1.75 bits per heavy atom. The van der Waals surface area contributed by atoms with Crippen LogP contribution in [0.5, 0.6) is 0 Å². The molecule has 2 atom stereocenters. The van der Waals surface area contributed by atoms with E-state index in [2.05, 4.69) is 91.9 Å². The molecule has 2 N–H and O–H groups in total. The number of aromatic nitrogens is 2. The molecule has 0 bridgehead atoms. The van der Waals surface area contributed by atoms with Gasteiger partial charge in [-0.05, 0) is 85.1 Å². The first-order chi connectivity index (χ1) is 15.5. The lowest BCUT2D eigenvalue weighted by Crippen LogP contribution is -2.36. The van der Waals surface area contributed by atoms with Crippen molar-refractivity contribution < 1.29 is 4.74 Å². The number of pyridine rings is 1. The molecule has 32 heavy (non-hydrogen) atoms. The summed E-state index contributed by atoms with van der Waals surface area (Å²) in [5, 5.41) is 4.28. The molecular formula is C24H26IN5OS. The molecule has 6 nitrogen and oxygen atoms in total. The minimum absolute atomic E-state index is 0.00323. The minimum atomic E-state index is -0.0370. The number of benzene rings is 1. The first-order valence-electron chi connectivity index (χ1n) is 10.8. The number of rotatable bonds is 4. The predicted octanol–water partition coefficient (Wildman–Crippen LogP) is 4.64. The van der Waals surface area contributed by atoms with Gasteiger partial charge in [0.25, 0.3) is 0 Å². The van der Waals surface area contributed by atoms with Crippen LogP contribution in [0.25, 0.3) is 0 Å². The minimum Gasteiger partial charge on any atom is -0.378 e. The molecule has 0 aliphatic carbocycles. The number of H-pyrrole nitrogens is 1. The molecule has 0 saturated carbocycles. The normalized spacial score (nSPS) is 21.2. The van der Waals surface area contributed by atoms with Crippen LogP contribution < -0.4 is 15.1 Å². The quantitative estimate of drug-likeness (QED) is 0.359. The van der Waals surface area contributed by atoms with E-state index < -0.39 is 0 Å². The van der Waals surface area contributed by atoms with E-state index >= 15 is 0 Å². The summed E-state index contributed by atoms with van der Waals surface area (Å²) < 4.78 is 6.74. The van der Waals surface area contributed by atoms with Gasteiger partial charge in [-0.3, -0.25) is 4.98 Å². The highest BCUT2D eigenvalue weighted by Gasteiger charge is 2.43. The van der Waals surface area contributed by atoms with Crippen molar-refractivity contribution in [2.24, 2.45) is 0 Å². The summed E-state index contributed by atoms with van der Waals surface area (Å²) in [5.41, 5.74) is 6.90. The molecule has 2 aliphatic rings. The average molecular weight is 559 g/mol. The van der Waals surface area contributed by atoms with E-state index in [4.69, 9.17) is 17.0 Å². The third kappa shape index (κ3) is 3.88. The van der Waals surface area contributed by atoms with E-state index in [-0.39, 0.29) is 12.1 Å². The number of aromatic amines is 1. The van der Waals surface area contributed by atoms with Crippen molar-refractivity contribution in [1.82, 2.24) is 15.3 Å². The number of thiocarbonyl (C=S) groups is 1. The highest BCUT2D eigenvalue weighted by atomic mass is 127. The highest BCUT2D eigenvalue weighted by molar-refractivity contribution is 14.1. The van der Waals surface area contributed by atoms with Gasteiger partial charge in [0.1, 0.15) is 0 Å². The number of halogens is 1. The van der Waals surface area contributed by atoms with Crippen molar-refractivity contribution in [1.29, 1.82) is 0 Å². The molecule has 4 heterocycles. The molecule has 0 spiro atoms. The van der Waals surface area contributed by atoms with Crippen molar-refractivity contribution in [3.63, 3.8) is 0 Å². The lowest BCUT2D eigenvalue weighted by molar-refractivity contribution is 0.122. The summed E-state index contributed by atoms with van der Waals surface area (Å²) in [6, 6.07) is 14.7. The SMILES string of the molecule is Cc1[nH]c(C)c([C@@H]2[C@H](c3ccccn3)NC(=S)N2c2ccc(N3CCOCC3)cc2)c1I. The van der Waals surface area contributed by atoms with Crippen molar-refractivity contribution in [3.05, 3.63) is 74.9 Å². The van der Waals surface area contributed by atoms with Gasteiger partial charge in [-0.15, -0.1) is 0 Å². The lowest BCUT2D eigenvalue weighted by Gasteiger charge is -2.31. The van der Waals surface area contributed by atoms with Gasteiger partial charge in [0.15, 0.2) is 5.11 Å². The summed E-state index contributed by atoms with van der Waals surface area (Å²) in [4.78, 5) is 12.8. The zero-order chi connectivity index (χ0) is 22.2. The zero-order valence-corrected chi connectivity index (χ0v) is 21.1. The van der Waals surface area contributed by atoms with E-state index in [1.54, 1.807) is 0 Å². The van der Waals surface area contributed by atoms with Crippen LogP contribution in [0.15, 0.2) is 48.7 Å². The van der Waals surface area contributed by atoms with E-state index in [0.29, 0.717) is 0 Å². The average Bonchev–Trinajstić information content (AvgIpc) is 3.29. The summed E-state index contributed by atoms with van der Waals surface area (Å²) in [5.74, 6) is 0. The maximum atomic E-state index is 5.88. The molecule has 166 valence electrons. The highest BCUT2D eigenvalue weighted by Crippen LogP contribution is 2.44. The number of anilines is 2. The summed E-state index contributed by atoms with van der Waals surface area (Å²) in [6.07, 6.45) is 1.84. The molecule has 2 fully saturated rings. The van der Waals surface area contributed by atoms with Crippen molar-refractivity contribution in [3.8, 4) is 0 Å². The number of nitrogens with zero attached hydrogens (tertiary/aromatic N) is 3. The van der Waals surface area contributed by atoms with E-state index in [1.165, 1.54) is 26.2 Å². The zero-order valence-electron chi connectivity index (χ0n) is 18.1. The molecule has 0 amide bonds. The van der Waals surface area contributed by atoms with E-state index in [9.17, 15) is 0 Å². The largest absolute Gasteiger partial charge is 0.378 e. The standard InChI is InChI=1S/C24H26IN5OS/c1-15-20(21(25)16(2)27-15)23-22(19-5-3-4-10-26-19)28-24(32)30(23)18-8-6-17(7-9-18)29-11-13-31-14-12-29/h3-10,22-23,27H,11-14H2,1-2H3,(H,28,32)/t22-,23+/m0/s1. The predicted molar refractivity (Wildman–Crippen MR) is 140 cm³/mol. The van der Waals surface area contributed by atoms with Crippen molar-refractivity contribution >= 4 is 51.3 Å². The van der Waals surface area contributed by atoms with Gasteiger partial charge >= 0.3 is 0 Å². The van der Waals surface area contributed by atoms with Gasteiger partial charge in [0.2, 0.25) is 0 Å². The Morgan fingerprint density at radius 1 is 1.03 bits per heavy atom. The number of morpholine rings is 1. The second kappa shape index (κ2) is 8.99. The molecule has 1 aromatic carbocycles. The van der Waals surface area contributed by atoms with Crippen LogP contribution in [0.4, 0.5) is 11.4 Å². The Morgan fingerprint density at radius 3 is 2.38 bits per heavy atom. The van der Waals surface area contributed by atoms with Crippen molar-refractivity contribution in [2.75, 3.05) is 36.1 Å². The van der Waals surface area contributed by atoms with Crippen LogP contribution in [-0.2, 0) is 4.74 Å². The molecule has 2 aliphatic heterocycles. The number of aryl methyl sites for hydroxylation is 2. The maximum absolute atomic E-state index is 5.88. The van der Waals surface area contributed by atoms with Crippen LogP contribution >= 0.6 is 34.8 Å². The molecule has 2 aromatic heterocycles. The lowest BCUT2D eigenvalue weighted by atomic mass is 9.96. The smallest absolute Gasteiger partial charge is 0.174 e. The number of ether oxygens (including phenoxy) is 1. The molecule has 0 unspecified atom stereocenters. The van der Waals surface area contributed by atoms with Crippen LogP contribution in [0, 0.1) is 17.4 Å². The third-order valence-electron chi connectivity index (χ3n) is 6.24. The maximum Gasteiger partial charge on any atom is 0.174 e. The topological polar surface area (TPSA) is 56.4 Å². The molecular weight excluding hydrogens is 533 g/mol. The Kier molecular flexibility index (Phi) is 6.09. The second-order valence-electron chi connectivity index (χ2n) is 8.22. The van der Waals surface area contributed by atoms with Crippen LogP contribution in [0.1, 0.15) is 34.7 Å². The summed E-state index contributed by atoms with van der Waals surface area (Å²) >= 11 is 8.32. The second-order valence-corrected chi connectivity index (χ2v) is 9.68. The molecule has 3 aromatic rings. The first kappa shape index (κ1) is 21.7. The summed E-state index contributed by atoms with van der Waals surface area (Å²) in [7, 11) is 0. The van der Waals surface area contributed by atoms with Gasteiger partial charge in [-0.1, -0.05) is 6.07 Å². The van der Waals surface area contributed by atoms with Crippen LogP contribution in [0.3, 0.4) is 0 Å². The Bertz CT molecular complexity index is 1110. The Hall–Kier alpha value is -2.17. The van der Waals surface area contributed by atoms with Gasteiger partial charge in [-0.2, -0.15) is 0 Å². The Labute approximate surface area is 207 Å². The van der Waals surface area contributed by atoms with Crippen LogP contribution in [-0.4, -0.2) is 41.4 Å². The van der Waals surface area contributed by atoms with Gasteiger partial charge in [0.05, 0.1) is 31.0 Å². The van der Waals surface area contributed by atoms with Crippen molar-refractivity contribution in [2.45, 2.75) is 25.9 Å². The number of hydrogen-bond acceptors (Lipinski definition) is 4. The molecule has 0 radical (unpaired) electrons. The van der Waals surface area contributed by atoms with Gasteiger partial charge in [0, 0.05) is 51.2 Å². The fourth-order valence-electron chi connectivity index (χ4n) is 4.69. The fraction of sp³-hybridized carbons (Fsp3) is 0.333. The molecule has 8 heteroatoms. The van der Waals surface area contributed by atoms with Gasteiger partial charge < -0.3 is 24.8 Å². The molecule has 2 saturated heterocycles. The van der Waals surface area contributed by atoms with E-state index in [1.807, 2.05) is 18.3 Å². The van der Waals surface area contributed by atoms with Gasteiger partial charge in [-0.25, -0.2) is 0 Å². The monoisotopic (exact) mass is 559 g/mol. The van der Waals surface area contributed by atoms with E-state index in [0.717, 1.165) is 42.8 Å².